The van der Waals surface area contributed by atoms with Crippen molar-refractivity contribution in [2.75, 3.05) is 25.1 Å². The number of halogens is 1. The smallest absolute Gasteiger partial charge is 0.243 e. The summed E-state index contributed by atoms with van der Waals surface area (Å²) in [5, 5.41) is 5.70. The molecule has 1 aromatic rings. The summed E-state index contributed by atoms with van der Waals surface area (Å²) in [5.74, 6) is -0.566. The van der Waals surface area contributed by atoms with E-state index in [0.717, 1.165) is 18.4 Å². The Morgan fingerprint density at radius 3 is 2.74 bits per heavy atom. The molecule has 1 atom stereocenters. The van der Waals surface area contributed by atoms with Gasteiger partial charge in [-0.15, -0.1) is 0 Å². The summed E-state index contributed by atoms with van der Waals surface area (Å²) >= 11 is 6.05. The Hall–Kier alpha value is -1.63. The van der Waals surface area contributed by atoms with Crippen molar-refractivity contribution in [2.24, 2.45) is 11.7 Å². The number of amides is 2. The number of carbonyl (C=O) groups excluding carboxylic acids is 2. The maximum Gasteiger partial charge on any atom is 0.243 e. The van der Waals surface area contributed by atoms with Crippen LogP contribution in [-0.4, -0.2) is 37.6 Å². The Bertz CT molecular complexity index is 574. The largest absolute Gasteiger partial charge is 0.381 e. The van der Waals surface area contributed by atoms with Crippen molar-refractivity contribution in [1.82, 2.24) is 5.32 Å². The molecule has 2 amide bonds. The molecule has 1 fully saturated rings. The van der Waals surface area contributed by atoms with Crippen molar-refractivity contribution in [3.05, 3.63) is 28.8 Å². The van der Waals surface area contributed by atoms with Crippen molar-refractivity contribution >= 4 is 29.1 Å². The number of hydrogen-bond donors (Lipinski definition) is 3. The Labute approximate surface area is 140 Å². The van der Waals surface area contributed by atoms with E-state index in [1.165, 1.54) is 0 Å². The lowest BCUT2D eigenvalue weighted by atomic mass is 9.92. The number of ether oxygens (including phenoxy) is 1. The van der Waals surface area contributed by atoms with E-state index >= 15 is 0 Å². The molecular weight excluding hydrogens is 318 g/mol. The van der Waals surface area contributed by atoms with Crippen LogP contribution in [0.15, 0.2) is 18.2 Å². The first-order valence-corrected chi connectivity index (χ1v) is 8.02. The van der Waals surface area contributed by atoms with Crippen molar-refractivity contribution in [3.8, 4) is 0 Å². The van der Waals surface area contributed by atoms with E-state index in [1.807, 2.05) is 13.0 Å². The highest BCUT2D eigenvalue weighted by atomic mass is 35.5. The van der Waals surface area contributed by atoms with Gasteiger partial charge in [0.1, 0.15) is 0 Å². The monoisotopic (exact) mass is 339 g/mol. The number of carbonyl (C=O) groups is 2. The number of nitrogens with two attached hydrogens (primary N) is 1. The van der Waals surface area contributed by atoms with E-state index in [1.54, 1.807) is 12.1 Å². The molecule has 7 heteroatoms. The molecule has 1 aromatic carbocycles. The summed E-state index contributed by atoms with van der Waals surface area (Å²) in [5.41, 5.74) is 7.47. The normalized spacial score (nSPS) is 16.7. The van der Waals surface area contributed by atoms with Crippen molar-refractivity contribution in [3.63, 3.8) is 0 Å². The van der Waals surface area contributed by atoms with Gasteiger partial charge >= 0.3 is 0 Å². The molecule has 0 bridgehead atoms. The molecule has 23 heavy (non-hydrogen) atoms. The predicted octanol–water partition coefficient (Wildman–Crippen LogP) is 1.46. The topological polar surface area (TPSA) is 93.5 Å². The lowest BCUT2D eigenvalue weighted by Crippen LogP contribution is -2.48. The van der Waals surface area contributed by atoms with E-state index < -0.39 is 6.04 Å². The molecule has 0 saturated carbocycles. The lowest BCUT2D eigenvalue weighted by Gasteiger charge is -2.26. The average molecular weight is 340 g/mol. The fraction of sp³-hybridized carbons (Fsp3) is 0.500. The highest BCUT2D eigenvalue weighted by Crippen LogP contribution is 2.22. The van der Waals surface area contributed by atoms with Crippen molar-refractivity contribution in [1.29, 1.82) is 0 Å². The first kappa shape index (κ1) is 17.7. The quantitative estimate of drug-likeness (QED) is 0.757. The van der Waals surface area contributed by atoms with Gasteiger partial charge in [0.15, 0.2) is 0 Å². The summed E-state index contributed by atoms with van der Waals surface area (Å²) < 4.78 is 5.25. The molecule has 0 aliphatic carbocycles. The molecule has 0 aromatic heterocycles. The van der Waals surface area contributed by atoms with Crippen LogP contribution < -0.4 is 16.4 Å². The minimum Gasteiger partial charge on any atom is -0.381 e. The first-order chi connectivity index (χ1) is 11.0. The second-order valence-corrected chi connectivity index (χ2v) is 6.13. The predicted molar refractivity (Wildman–Crippen MR) is 89.3 cm³/mol. The number of hydrogen-bond acceptors (Lipinski definition) is 4. The van der Waals surface area contributed by atoms with Crippen LogP contribution >= 0.6 is 11.6 Å². The number of nitrogens with one attached hydrogen (secondary N) is 2. The van der Waals surface area contributed by atoms with Gasteiger partial charge < -0.3 is 21.1 Å². The molecular formula is C16H22ClN3O3. The van der Waals surface area contributed by atoms with Gasteiger partial charge in [-0.05, 0) is 43.4 Å². The summed E-state index contributed by atoms with van der Waals surface area (Å²) in [4.78, 5) is 23.9. The molecule has 6 nitrogen and oxygen atoms in total. The summed E-state index contributed by atoms with van der Waals surface area (Å²) in [6, 6.07) is 4.72. The fourth-order valence-electron chi connectivity index (χ4n) is 2.49. The van der Waals surface area contributed by atoms with Crippen LogP contribution in [0.4, 0.5) is 5.69 Å². The second-order valence-electron chi connectivity index (χ2n) is 5.72. The third kappa shape index (κ3) is 5.20. The third-order valence-corrected chi connectivity index (χ3v) is 4.21. The Balaban J connectivity index is 1.80. The van der Waals surface area contributed by atoms with Gasteiger partial charge in [0.2, 0.25) is 11.8 Å². The molecule has 1 saturated heterocycles. The van der Waals surface area contributed by atoms with E-state index in [0.29, 0.717) is 23.9 Å². The van der Waals surface area contributed by atoms with Crippen LogP contribution in [0.25, 0.3) is 0 Å². The maximum atomic E-state index is 12.0. The van der Waals surface area contributed by atoms with Crippen LogP contribution in [0, 0.1) is 12.8 Å². The molecule has 1 aliphatic heterocycles. The molecule has 0 radical (unpaired) electrons. The van der Waals surface area contributed by atoms with Crippen LogP contribution in [0.5, 0.6) is 0 Å². The zero-order valence-corrected chi connectivity index (χ0v) is 13.9. The van der Waals surface area contributed by atoms with Gasteiger partial charge in [-0.3, -0.25) is 9.59 Å². The number of benzene rings is 1. The average Bonchev–Trinajstić information content (AvgIpc) is 2.55. The summed E-state index contributed by atoms with van der Waals surface area (Å²) in [6.45, 7) is 3.02. The van der Waals surface area contributed by atoms with Gasteiger partial charge in [-0.25, -0.2) is 0 Å². The minimum absolute atomic E-state index is 0.0957. The van der Waals surface area contributed by atoms with Crippen LogP contribution in [-0.2, 0) is 14.3 Å². The minimum atomic E-state index is -0.616. The molecule has 4 N–H and O–H groups in total. The molecule has 126 valence electrons. The lowest BCUT2D eigenvalue weighted by molar-refractivity contribution is -0.126. The number of anilines is 1. The molecule has 1 aliphatic rings. The molecule has 2 rings (SSSR count). The standard InChI is InChI=1S/C16H22ClN3O3/c1-10-2-3-13(12(17)8-10)20-14(21)9-19-16(22)15(18)11-4-6-23-7-5-11/h2-3,8,11,15H,4-7,9,18H2,1H3,(H,19,22)(H,20,21). The first-order valence-electron chi connectivity index (χ1n) is 7.64. The van der Waals surface area contributed by atoms with Gasteiger partial charge in [-0.1, -0.05) is 17.7 Å². The second kappa shape index (κ2) is 8.29. The van der Waals surface area contributed by atoms with Crippen LogP contribution in [0.1, 0.15) is 18.4 Å². The van der Waals surface area contributed by atoms with E-state index in [2.05, 4.69) is 10.6 Å². The molecule has 0 spiro atoms. The maximum absolute atomic E-state index is 12.0. The van der Waals surface area contributed by atoms with Gasteiger partial charge in [0.25, 0.3) is 0 Å². The van der Waals surface area contributed by atoms with Gasteiger partial charge in [-0.2, -0.15) is 0 Å². The Kier molecular flexibility index (Phi) is 6.38. The highest BCUT2D eigenvalue weighted by molar-refractivity contribution is 6.33. The fourth-order valence-corrected chi connectivity index (χ4v) is 2.77. The summed E-state index contributed by atoms with van der Waals surface area (Å²) in [7, 11) is 0. The molecule has 1 unspecified atom stereocenters. The van der Waals surface area contributed by atoms with Gasteiger partial charge in [0.05, 0.1) is 23.3 Å². The van der Waals surface area contributed by atoms with Gasteiger partial charge in [0, 0.05) is 13.2 Å². The number of aryl methyl sites for hydroxylation is 1. The number of rotatable bonds is 5. The molecule has 1 heterocycles. The zero-order valence-electron chi connectivity index (χ0n) is 13.1. The van der Waals surface area contributed by atoms with E-state index in [9.17, 15) is 9.59 Å². The zero-order chi connectivity index (χ0) is 16.8. The summed E-state index contributed by atoms with van der Waals surface area (Å²) in [6.07, 6.45) is 1.53. The van der Waals surface area contributed by atoms with Crippen LogP contribution in [0.3, 0.4) is 0 Å². The van der Waals surface area contributed by atoms with Crippen molar-refractivity contribution < 1.29 is 14.3 Å². The Morgan fingerprint density at radius 2 is 2.09 bits per heavy atom. The Morgan fingerprint density at radius 1 is 1.39 bits per heavy atom. The van der Waals surface area contributed by atoms with Crippen LogP contribution in [0.2, 0.25) is 5.02 Å². The van der Waals surface area contributed by atoms with E-state index in [4.69, 9.17) is 22.1 Å². The van der Waals surface area contributed by atoms with Crippen molar-refractivity contribution in [2.45, 2.75) is 25.8 Å². The SMILES string of the molecule is Cc1ccc(NC(=O)CNC(=O)C(N)C2CCOCC2)c(Cl)c1. The highest BCUT2D eigenvalue weighted by Gasteiger charge is 2.26. The third-order valence-electron chi connectivity index (χ3n) is 3.90. The van der Waals surface area contributed by atoms with E-state index in [-0.39, 0.29) is 24.3 Å².